The monoisotopic (exact) mass is 541 g/mol. The van der Waals surface area contributed by atoms with Crippen LogP contribution in [0.4, 0.5) is 0 Å². The van der Waals surface area contributed by atoms with E-state index in [1.165, 1.54) is 0 Å². The molecule has 5 rings (SSSR count). The molecule has 0 unspecified atom stereocenters. The van der Waals surface area contributed by atoms with Crippen LogP contribution in [0, 0.1) is 18.3 Å². The molecule has 1 saturated heterocycles. The quantitative estimate of drug-likeness (QED) is 0.425. The summed E-state index contributed by atoms with van der Waals surface area (Å²) in [5, 5.41) is 16.0. The van der Waals surface area contributed by atoms with E-state index in [0.717, 1.165) is 29.5 Å². The van der Waals surface area contributed by atoms with E-state index in [-0.39, 0.29) is 28.9 Å². The smallest absolute Gasteiger partial charge is 0.336 e. The number of sulfone groups is 1. The molecule has 9 heteroatoms. The molecule has 2 aliphatic rings. The van der Waals surface area contributed by atoms with Crippen molar-refractivity contribution < 1.29 is 18.3 Å². The second-order valence-electron chi connectivity index (χ2n) is 11.0. The fourth-order valence-corrected chi connectivity index (χ4v) is 7.75. The van der Waals surface area contributed by atoms with Crippen molar-refractivity contribution in [3.63, 3.8) is 0 Å². The molecular weight excluding hydrogens is 510 g/mol. The Labute approximate surface area is 222 Å². The van der Waals surface area contributed by atoms with Crippen molar-refractivity contribution in [1.29, 1.82) is 0 Å². The van der Waals surface area contributed by atoms with Gasteiger partial charge in [-0.3, -0.25) is 0 Å². The lowest BCUT2D eigenvalue weighted by molar-refractivity contribution is 0.0696. The summed E-state index contributed by atoms with van der Waals surface area (Å²) in [6.07, 6.45) is 4.81. The minimum atomic E-state index is -3.09. The van der Waals surface area contributed by atoms with Gasteiger partial charge in [0.2, 0.25) is 0 Å². The Hall–Kier alpha value is -2.71. The number of aromatic nitrogens is 3. The number of benzene rings is 1. The van der Waals surface area contributed by atoms with Gasteiger partial charge in [0, 0.05) is 10.9 Å². The number of hydrogen-bond acceptors (Lipinski definition) is 5. The van der Waals surface area contributed by atoms with Crippen molar-refractivity contribution in [1.82, 2.24) is 14.8 Å². The summed E-state index contributed by atoms with van der Waals surface area (Å²) in [4.78, 5) is 17.5. The van der Waals surface area contributed by atoms with Gasteiger partial charge in [0.1, 0.15) is 5.15 Å². The van der Waals surface area contributed by atoms with Crippen LogP contribution in [0.15, 0.2) is 24.3 Å². The first kappa shape index (κ1) is 25.9. The number of aromatic carboxylic acids is 1. The van der Waals surface area contributed by atoms with Crippen LogP contribution < -0.4 is 0 Å². The second-order valence-corrected chi connectivity index (χ2v) is 13.6. The molecule has 0 saturated carbocycles. The number of carbonyl (C=O) groups is 1. The average Bonchev–Trinajstić information content (AvgIpc) is 3.35. The van der Waals surface area contributed by atoms with Crippen LogP contribution in [0.3, 0.4) is 0 Å². The van der Waals surface area contributed by atoms with Crippen LogP contribution in [0.1, 0.15) is 78.9 Å². The van der Waals surface area contributed by atoms with Gasteiger partial charge < -0.3 is 5.11 Å². The highest BCUT2D eigenvalue weighted by Crippen LogP contribution is 2.46. The SMILES string of the molecule is CCC(C)(C)[C@H]1C/C(=C\c2c(C)nn([C@H]3CCS(=O)(=O)C3)c2Cl)c2nc3ccccc3c(C(=O)O)c2C1. The summed E-state index contributed by atoms with van der Waals surface area (Å²) >= 11 is 6.83. The molecule has 3 heterocycles. The first-order chi connectivity index (χ1) is 17.4. The maximum atomic E-state index is 12.6. The van der Waals surface area contributed by atoms with Gasteiger partial charge in [0.15, 0.2) is 9.84 Å². The standard InChI is InChI=1S/C28H32ClN3O4S/c1-5-28(3,4)18-12-17(13-21-16(2)31-32(26(21)29)19-10-11-37(35,36)15-19)25-22(14-18)24(27(33)34)20-8-6-7-9-23(20)30-25/h6-9,13,18-19H,5,10-12,14-15H2,1-4H3,(H,33,34)/b17-13+/t18-,19-/m0/s1. The van der Waals surface area contributed by atoms with E-state index >= 15 is 0 Å². The molecule has 0 amide bonds. The molecule has 2 atom stereocenters. The molecule has 3 aromatic rings. The van der Waals surface area contributed by atoms with Gasteiger partial charge in [0.05, 0.1) is 40.0 Å². The summed E-state index contributed by atoms with van der Waals surface area (Å²) in [6, 6.07) is 7.10. The Morgan fingerprint density at radius 1 is 1.27 bits per heavy atom. The molecule has 0 spiro atoms. The Morgan fingerprint density at radius 3 is 2.65 bits per heavy atom. The molecule has 2 aromatic heterocycles. The lowest BCUT2D eigenvalue weighted by Crippen LogP contribution is -2.30. The number of rotatable bonds is 5. The Bertz CT molecular complexity index is 1560. The number of nitrogens with zero attached hydrogens (tertiary/aromatic N) is 3. The molecule has 0 radical (unpaired) electrons. The Morgan fingerprint density at radius 2 is 2.00 bits per heavy atom. The highest BCUT2D eigenvalue weighted by Gasteiger charge is 2.37. The molecule has 1 aliphatic heterocycles. The van der Waals surface area contributed by atoms with E-state index in [1.54, 1.807) is 4.68 Å². The first-order valence-electron chi connectivity index (χ1n) is 12.7. The molecule has 1 N–H and O–H groups in total. The second kappa shape index (κ2) is 9.24. The maximum Gasteiger partial charge on any atom is 0.336 e. The highest BCUT2D eigenvalue weighted by atomic mass is 35.5. The molecular formula is C28H32ClN3O4S. The number of aryl methyl sites for hydroxylation is 1. The zero-order valence-electron chi connectivity index (χ0n) is 21.6. The van der Waals surface area contributed by atoms with Crippen LogP contribution in [-0.4, -0.2) is 45.8 Å². The fourth-order valence-electron chi connectivity index (χ4n) is 5.69. The third-order valence-corrected chi connectivity index (χ3v) is 10.5. The summed E-state index contributed by atoms with van der Waals surface area (Å²) in [6.45, 7) is 8.49. The van der Waals surface area contributed by atoms with Crippen LogP contribution in [0.2, 0.25) is 5.15 Å². The van der Waals surface area contributed by atoms with E-state index in [0.29, 0.717) is 45.8 Å². The maximum absolute atomic E-state index is 12.6. The molecule has 1 fully saturated rings. The van der Waals surface area contributed by atoms with Crippen LogP contribution in [0.5, 0.6) is 0 Å². The van der Waals surface area contributed by atoms with Crippen molar-refractivity contribution in [2.24, 2.45) is 11.3 Å². The topological polar surface area (TPSA) is 102 Å². The number of halogens is 1. The lowest BCUT2D eigenvalue weighted by atomic mass is 9.67. The summed E-state index contributed by atoms with van der Waals surface area (Å²) < 4.78 is 25.8. The number of carboxylic acid groups (broad SMARTS) is 1. The van der Waals surface area contributed by atoms with Crippen molar-refractivity contribution >= 4 is 50.0 Å². The highest BCUT2D eigenvalue weighted by molar-refractivity contribution is 7.91. The number of hydrogen-bond donors (Lipinski definition) is 1. The number of allylic oxidation sites excluding steroid dienone is 1. The van der Waals surface area contributed by atoms with Crippen LogP contribution in [0.25, 0.3) is 22.6 Å². The van der Waals surface area contributed by atoms with Gasteiger partial charge in [-0.1, -0.05) is 57.0 Å². The van der Waals surface area contributed by atoms with Gasteiger partial charge in [-0.15, -0.1) is 0 Å². The Balaban J connectivity index is 1.71. The van der Waals surface area contributed by atoms with Gasteiger partial charge >= 0.3 is 5.97 Å². The van der Waals surface area contributed by atoms with Crippen LogP contribution in [-0.2, 0) is 16.3 Å². The van der Waals surface area contributed by atoms with E-state index < -0.39 is 15.8 Å². The summed E-state index contributed by atoms with van der Waals surface area (Å²) in [7, 11) is -3.09. The third kappa shape index (κ3) is 4.59. The normalized spacial score (nSPS) is 22.5. The molecule has 196 valence electrons. The largest absolute Gasteiger partial charge is 0.478 e. The first-order valence-corrected chi connectivity index (χ1v) is 14.9. The zero-order valence-corrected chi connectivity index (χ0v) is 23.2. The molecule has 1 aliphatic carbocycles. The van der Waals surface area contributed by atoms with E-state index in [2.05, 4.69) is 25.9 Å². The molecule has 7 nitrogen and oxygen atoms in total. The molecule has 0 bridgehead atoms. The van der Waals surface area contributed by atoms with Gasteiger partial charge in [0.25, 0.3) is 0 Å². The number of para-hydroxylation sites is 1. The van der Waals surface area contributed by atoms with E-state index in [4.69, 9.17) is 16.6 Å². The van der Waals surface area contributed by atoms with Gasteiger partial charge in [-0.2, -0.15) is 5.10 Å². The van der Waals surface area contributed by atoms with Crippen molar-refractivity contribution in [3.05, 3.63) is 57.5 Å². The Kier molecular flexibility index (Phi) is 6.47. The predicted molar refractivity (Wildman–Crippen MR) is 147 cm³/mol. The summed E-state index contributed by atoms with van der Waals surface area (Å²) in [5.74, 6) is -0.561. The fraction of sp³-hybridized carbons (Fsp3) is 0.464. The molecule has 1 aromatic carbocycles. The van der Waals surface area contributed by atoms with Crippen molar-refractivity contribution in [2.45, 2.75) is 59.4 Å². The van der Waals surface area contributed by atoms with Gasteiger partial charge in [-0.25, -0.2) is 22.9 Å². The summed E-state index contributed by atoms with van der Waals surface area (Å²) in [5.41, 5.74) is 4.78. The van der Waals surface area contributed by atoms with Crippen molar-refractivity contribution in [2.75, 3.05) is 11.5 Å². The zero-order chi connectivity index (χ0) is 26.7. The molecule has 37 heavy (non-hydrogen) atoms. The minimum Gasteiger partial charge on any atom is -0.478 e. The van der Waals surface area contributed by atoms with E-state index in [1.807, 2.05) is 37.3 Å². The number of fused-ring (bicyclic) bond motifs is 2. The third-order valence-electron chi connectivity index (χ3n) is 8.39. The van der Waals surface area contributed by atoms with E-state index in [9.17, 15) is 18.3 Å². The predicted octanol–water partition coefficient (Wildman–Crippen LogP) is 5.99. The number of pyridine rings is 1. The average molecular weight is 542 g/mol. The number of carboxylic acids is 1. The lowest BCUT2D eigenvalue weighted by Gasteiger charge is -2.38. The van der Waals surface area contributed by atoms with Crippen LogP contribution >= 0.6 is 11.6 Å². The van der Waals surface area contributed by atoms with Crippen molar-refractivity contribution in [3.8, 4) is 0 Å². The van der Waals surface area contributed by atoms with Gasteiger partial charge in [-0.05, 0) is 60.8 Å². The minimum absolute atomic E-state index is 0.0145.